The van der Waals surface area contributed by atoms with Crippen LogP contribution in [0.3, 0.4) is 0 Å². The van der Waals surface area contributed by atoms with Crippen LogP contribution in [0, 0.1) is 11.3 Å². The Kier molecular flexibility index (Phi) is 3.36. The van der Waals surface area contributed by atoms with Gasteiger partial charge in [0.1, 0.15) is 0 Å². The highest BCUT2D eigenvalue weighted by molar-refractivity contribution is 6.33. The van der Waals surface area contributed by atoms with Gasteiger partial charge in [-0.1, -0.05) is 11.6 Å². The molecule has 0 amide bonds. The van der Waals surface area contributed by atoms with Crippen LogP contribution in [-0.4, -0.2) is 12.6 Å². The van der Waals surface area contributed by atoms with Crippen LogP contribution in [0.4, 0.5) is 5.69 Å². The SMILES string of the molecule is CC1CCCCN1c1ccc(C#N)cc1Cl. The van der Waals surface area contributed by atoms with Crippen LogP contribution in [0.25, 0.3) is 0 Å². The van der Waals surface area contributed by atoms with Crippen molar-refractivity contribution in [1.29, 1.82) is 5.26 Å². The molecule has 1 heterocycles. The zero-order valence-electron chi connectivity index (χ0n) is 9.41. The van der Waals surface area contributed by atoms with Crippen molar-refractivity contribution in [2.75, 3.05) is 11.4 Å². The van der Waals surface area contributed by atoms with Gasteiger partial charge in [-0.05, 0) is 44.4 Å². The molecule has 1 aromatic rings. The van der Waals surface area contributed by atoms with Gasteiger partial charge in [0.15, 0.2) is 0 Å². The zero-order valence-corrected chi connectivity index (χ0v) is 10.2. The van der Waals surface area contributed by atoms with E-state index in [9.17, 15) is 0 Å². The molecule has 1 saturated heterocycles. The lowest BCUT2D eigenvalue weighted by atomic mass is 10.0. The van der Waals surface area contributed by atoms with Crippen LogP contribution in [0.5, 0.6) is 0 Å². The summed E-state index contributed by atoms with van der Waals surface area (Å²) in [4.78, 5) is 2.34. The van der Waals surface area contributed by atoms with Gasteiger partial charge in [0.05, 0.1) is 22.3 Å². The average Bonchev–Trinajstić information content (AvgIpc) is 2.30. The summed E-state index contributed by atoms with van der Waals surface area (Å²) in [5, 5.41) is 9.48. The highest BCUT2D eigenvalue weighted by atomic mass is 35.5. The minimum absolute atomic E-state index is 0.541. The maximum absolute atomic E-state index is 8.79. The summed E-state index contributed by atoms with van der Waals surface area (Å²) in [5.74, 6) is 0. The van der Waals surface area contributed by atoms with E-state index in [0.29, 0.717) is 16.6 Å². The molecule has 0 saturated carbocycles. The van der Waals surface area contributed by atoms with Gasteiger partial charge in [0.25, 0.3) is 0 Å². The first kappa shape index (κ1) is 11.3. The highest BCUT2D eigenvalue weighted by Gasteiger charge is 2.20. The molecule has 1 aliphatic rings. The summed E-state index contributed by atoms with van der Waals surface area (Å²) >= 11 is 6.21. The molecule has 2 rings (SSSR count). The number of piperidine rings is 1. The van der Waals surface area contributed by atoms with Crippen molar-refractivity contribution in [3.8, 4) is 6.07 Å². The molecule has 1 atom stereocenters. The second kappa shape index (κ2) is 4.76. The van der Waals surface area contributed by atoms with E-state index in [2.05, 4.69) is 17.9 Å². The minimum atomic E-state index is 0.541. The maximum Gasteiger partial charge on any atom is 0.0992 e. The van der Waals surface area contributed by atoms with Gasteiger partial charge in [-0.2, -0.15) is 5.26 Å². The molecule has 3 heteroatoms. The molecule has 2 nitrogen and oxygen atoms in total. The Morgan fingerprint density at radius 2 is 2.25 bits per heavy atom. The van der Waals surface area contributed by atoms with E-state index in [1.54, 1.807) is 6.07 Å². The normalized spacial score (nSPS) is 20.6. The second-order valence-corrected chi connectivity index (χ2v) is 4.72. The summed E-state index contributed by atoms with van der Waals surface area (Å²) in [7, 11) is 0. The Bertz CT molecular complexity index is 422. The summed E-state index contributed by atoms with van der Waals surface area (Å²) in [6.07, 6.45) is 3.74. The summed E-state index contributed by atoms with van der Waals surface area (Å²) in [6.45, 7) is 3.29. The number of anilines is 1. The summed E-state index contributed by atoms with van der Waals surface area (Å²) in [6, 6.07) is 8.19. The van der Waals surface area contributed by atoms with Crippen LogP contribution in [0.2, 0.25) is 5.02 Å². The van der Waals surface area contributed by atoms with Crippen molar-refractivity contribution in [1.82, 2.24) is 0 Å². The standard InChI is InChI=1S/C13H15ClN2/c1-10-4-2-3-7-16(10)13-6-5-11(9-15)8-12(13)14/h5-6,8,10H,2-4,7H2,1H3. The Hall–Kier alpha value is -1.20. The van der Waals surface area contributed by atoms with Crippen LogP contribution in [0.15, 0.2) is 18.2 Å². The number of hydrogen-bond acceptors (Lipinski definition) is 2. The predicted molar refractivity (Wildman–Crippen MR) is 66.8 cm³/mol. The minimum Gasteiger partial charge on any atom is -0.368 e. The van der Waals surface area contributed by atoms with Crippen LogP contribution in [0.1, 0.15) is 31.7 Å². The Morgan fingerprint density at radius 1 is 1.44 bits per heavy atom. The van der Waals surface area contributed by atoms with E-state index in [-0.39, 0.29) is 0 Å². The molecule has 1 unspecified atom stereocenters. The largest absolute Gasteiger partial charge is 0.368 e. The van der Waals surface area contributed by atoms with Crippen molar-refractivity contribution in [2.24, 2.45) is 0 Å². The molecular weight excluding hydrogens is 220 g/mol. The highest BCUT2D eigenvalue weighted by Crippen LogP contribution is 2.31. The van der Waals surface area contributed by atoms with E-state index >= 15 is 0 Å². The van der Waals surface area contributed by atoms with Crippen molar-refractivity contribution in [3.05, 3.63) is 28.8 Å². The van der Waals surface area contributed by atoms with E-state index in [0.717, 1.165) is 12.2 Å². The smallest absolute Gasteiger partial charge is 0.0992 e. The molecule has 0 radical (unpaired) electrons. The number of nitrogens with zero attached hydrogens (tertiary/aromatic N) is 2. The van der Waals surface area contributed by atoms with Crippen LogP contribution >= 0.6 is 11.6 Å². The number of nitriles is 1. The fraction of sp³-hybridized carbons (Fsp3) is 0.462. The molecule has 0 aliphatic carbocycles. The van der Waals surface area contributed by atoms with Gasteiger partial charge in [-0.15, -0.1) is 0 Å². The van der Waals surface area contributed by atoms with Crippen molar-refractivity contribution in [3.63, 3.8) is 0 Å². The topological polar surface area (TPSA) is 27.0 Å². The Balaban J connectivity index is 2.29. The fourth-order valence-electron chi connectivity index (χ4n) is 2.27. The lowest BCUT2D eigenvalue weighted by Crippen LogP contribution is -2.37. The molecule has 1 fully saturated rings. The quantitative estimate of drug-likeness (QED) is 0.743. The number of hydrogen-bond donors (Lipinski definition) is 0. The molecule has 0 N–H and O–H groups in total. The third kappa shape index (κ3) is 2.15. The molecular formula is C13H15ClN2. The van der Waals surface area contributed by atoms with Crippen molar-refractivity contribution in [2.45, 2.75) is 32.2 Å². The van der Waals surface area contributed by atoms with Gasteiger partial charge in [-0.25, -0.2) is 0 Å². The molecule has 0 spiro atoms. The molecule has 84 valence electrons. The first-order valence-electron chi connectivity index (χ1n) is 5.68. The van der Waals surface area contributed by atoms with Gasteiger partial charge >= 0.3 is 0 Å². The van der Waals surface area contributed by atoms with E-state index in [4.69, 9.17) is 16.9 Å². The van der Waals surface area contributed by atoms with Gasteiger partial charge < -0.3 is 4.90 Å². The zero-order chi connectivity index (χ0) is 11.5. The molecule has 1 aliphatic heterocycles. The number of benzene rings is 1. The molecule has 16 heavy (non-hydrogen) atoms. The van der Waals surface area contributed by atoms with Gasteiger partial charge in [0, 0.05) is 12.6 Å². The fourth-order valence-corrected chi connectivity index (χ4v) is 2.55. The van der Waals surface area contributed by atoms with Crippen LogP contribution < -0.4 is 4.90 Å². The summed E-state index contributed by atoms with van der Waals surface area (Å²) < 4.78 is 0. The van der Waals surface area contributed by atoms with Crippen molar-refractivity contribution >= 4 is 17.3 Å². The first-order valence-corrected chi connectivity index (χ1v) is 6.06. The van der Waals surface area contributed by atoms with Gasteiger partial charge in [-0.3, -0.25) is 0 Å². The van der Waals surface area contributed by atoms with E-state index in [1.165, 1.54) is 19.3 Å². The molecule has 0 aromatic heterocycles. The Labute approximate surface area is 101 Å². The predicted octanol–water partition coefficient (Wildman–Crippen LogP) is 3.59. The van der Waals surface area contributed by atoms with E-state index < -0.39 is 0 Å². The van der Waals surface area contributed by atoms with Gasteiger partial charge in [0.2, 0.25) is 0 Å². The van der Waals surface area contributed by atoms with Crippen LogP contribution in [-0.2, 0) is 0 Å². The monoisotopic (exact) mass is 234 g/mol. The first-order chi connectivity index (χ1) is 7.72. The second-order valence-electron chi connectivity index (χ2n) is 4.32. The van der Waals surface area contributed by atoms with E-state index in [1.807, 2.05) is 12.1 Å². The summed E-state index contributed by atoms with van der Waals surface area (Å²) in [5.41, 5.74) is 1.69. The third-order valence-corrected chi connectivity index (χ3v) is 3.49. The molecule has 1 aromatic carbocycles. The lowest BCUT2D eigenvalue weighted by molar-refractivity contribution is 0.485. The average molecular weight is 235 g/mol. The Morgan fingerprint density at radius 3 is 2.88 bits per heavy atom. The van der Waals surface area contributed by atoms with Crippen molar-refractivity contribution < 1.29 is 0 Å². The molecule has 0 bridgehead atoms. The third-order valence-electron chi connectivity index (χ3n) is 3.19. The maximum atomic E-state index is 8.79. The number of rotatable bonds is 1. The number of halogens is 1. The lowest BCUT2D eigenvalue weighted by Gasteiger charge is -2.36.